The van der Waals surface area contributed by atoms with Gasteiger partial charge in [-0.25, -0.2) is 9.78 Å². The molecule has 0 radical (unpaired) electrons. The Kier molecular flexibility index (Phi) is 4.17. The molecular formula is C17H21N5O2. The highest BCUT2D eigenvalue weighted by Gasteiger charge is 2.24. The quantitative estimate of drug-likeness (QED) is 0.690. The highest BCUT2D eigenvalue weighted by molar-refractivity contribution is 5.72. The second-order valence-corrected chi connectivity index (χ2v) is 6.29. The van der Waals surface area contributed by atoms with Crippen molar-refractivity contribution in [3.05, 3.63) is 47.5 Å². The fourth-order valence-electron chi connectivity index (χ4n) is 3.60. The number of rotatable bonds is 6. The van der Waals surface area contributed by atoms with E-state index in [1.54, 1.807) is 17.2 Å². The number of para-hydroxylation sites is 2. The van der Waals surface area contributed by atoms with E-state index in [1.807, 2.05) is 28.9 Å². The summed E-state index contributed by atoms with van der Waals surface area (Å²) in [5.41, 5.74) is 1.54. The first-order chi connectivity index (χ1) is 11.8. The van der Waals surface area contributed by atoms with Crippen LogP contribution >= 0.6 is 0 Å². The number of hydrogen-bond acceptors (Lipinski definition) is 5. The van der Waals surface area contributed by atoms with Gasteiger partial charge in [-0.3, -0.25) is 14.1 Å². The Morgan fingerprint density at radius 3 is 3.04 bits per heavy atom. The van der Waals surface area contributed by atoms with Gasteiger partial charge in [0.1, 0.15) is 12.7 Å². The van der Waals surface area contributed by atoms with Gasteiger partial charge < -0.3 is 4.42 Å². The number of likely N-dealkylation sites (tertiary alicyclic amines) is 1. The van der Waals surface area contributed by atoms with E-state index in [0.717, 1.165) is 31.6 Å². The van der Waals surface area contributed by atoms with Crippen molar-refractivity contribution in [2.45, 2.75) is 38.4 Å². The van der Waals surface area contributed by atoms with Crippen LogP contribution in [0.15, 0.2) is 46.1 Å². The zero-order valence-electron chi connectivity index (χ0n) is 13.5. The molecule has 1 aliphatic rings. The van der Waals surface area contributed by atoms with E-state index >= 15 is 0 Å². The lowest BCUT2D eigenvalue weighted by atomic mass is 10.2. The van der Waals surface area contributed by atoms with Gasteiger partial charge in [-0.05, 0) is 37.9 Å². The second-order valence-electron chi connectivity index (χ2n) is 6.29. The lowest BCUT2D eigenvalue weighted by Crippen LogP contribution is -2.34. The average Bonchev–Trinajstić information content (AvgIpc) is 3.30. The number of nitrogens with zero attached hydrogens (tertiary/aromatic N) is 5. The molecule has 1 saturated heterocycles. The minimum Gasteiger partial charge on any atom is -0.408 e. The topological polar surface area (TPSA) is 69.1 Å². The summed E-state index contributed by atoms with van der Waals surface area (Å²) in [6.45, 7) is 3.66. The van der Waals surface area contributed by atoms with Crippen molar-refractivity contribution in [2.24, 2.45) is 0 Å². The van der Waals surface area contributed by atoms with Gasteiger partial charge in [0.15, 0.2) is 5.58 Å². The molecular weight excluding hydrogens is 306 g/mol. The number of fused-ring (bicyclic) bond motifs is 1. The first-order valence-corrected chi connectivity index (χ1v) is 8.46. The molecule has 7 nitrogen and oxygen atoms in total. The van der Waals surface area contributed by atoms with Crippen LogP contribution in [0.3, 0.4) is 0 Å². The maximum Gasteiger partial charge on any atom is 0.419 e. The van der Waals surface area contributed by atoms with Crippen LogP contribution in [0.25, 0.3) is 11.1 Å². The van der Waals surface area contributed by atoms with Gasteiger partial charge in [0, 0.05) is 19.1 Å². The van der Waals surface area contributed by atoms with Crippen molar-refractivity contribution >= 4 is 11.1 Å². The molecule has 126 valence electrons. The molecule has 1 atom stereocenters. The van der Waals surface area contributed by atoms with Crippen molar-refractivity contribution in [3.8, 4) is 0 Å². The van der Waals surface area contributed by atoms with E-state index in [-0.39, 0.29) is 5.76 Å². The molecule has 0 saturated carbocycles. The van der Waals surface area contributed by atoms with Crippen molar-refractivity contribution in [3.63, 3.8) is 0 Å². The first-order valence-electron chi connectivity index (χ1n) is 8.46. The minimum atomic E-state index is -0.267. The van der Waals surface area contributed by atoms with Gasteiger partial charge >= 0.3 is 5.76 Å². The lowest BCUT2D eigenvalue weighted by Gasteiger charge is -2.24. The maximum absolute atomic E-state index is 12.0. The normalized spacial score (nSPS) is 18.6. The molecule has 1 aromatic carbocycles. The molecule has 0 aliphatic carbocycles. The fourth-order valence-corrected chi connectivity index (χ4v) is 3.60. The smallest absolute Gasteiger partial charge is 0.408 e. The van der Waals surface area contributed by atoms with Gasteiger partial charge in [-0.2, -0.15) is 5.10 Å². The largest absolute Gasteiger partial charge is 0.419 e. The van der Waals surface area contributed by atoms with Gasteiger partial charge in [0.05, 0.1) is 12.1 Å². The standard InChI is InChI=1S/C17H21N5O2/c23-17-22(15-6-1-2-7-16(15)24-17)10-4-9-20-8-3-5-14(20)11-21-13-18-12-19-21/h1-2,6-7,12-14H,3-5,8-11H2/t14-/m1/s1. The van der Waals surface area contributed by atoms with E-state index in [1.165, 1.54) is 12.8 Å². The van der Waals surface area contributed by atoms with E-state index in [4.69, 9.17) is 4.42 Å². The first kappa shape index (κ1) is 15.1. The number of aryl methyl sites for hydroxylation is 1. The Balaban J connectivity index is 1.38. The summed E-state index contributed by atoms with van der Waals surface area (Å²) in [6.07, 6.45) is 6.68. The summed E-state index contributed by atoms with van der Waals surface area (Å²) >= 11 is 0. The summed E-state index contributed by atoms with van der Waals surface area (Å²) < 4.78 is 8.92. The molecule has 2 aromatic heterocycles. The van der Waals surface area contributed by atoms with Crippen molar-refractivity contribution < 1.29 is 4.42 Å². The van der Waals surface area contributed by atoms with Crippen LogP contribution in [0.2, 0.25) is 0 Å². The van der Waals surface area contributed by atoms with Crippen LogP contribution in [0, 0.1) is 0 Å². The van der Waals surface area contributed by atoms with Crippen LogP contribution in [-0.4, -0.2) is 43.4 Å². The Morgan fingerprint density at radius 1 is 1.25 bits per heavy atom. The third-order valence-electron chi connectivity index (χ3n) is 4.76. The third-order valence-corrected chi connectivity index (χ3v) is 4.76. The molecule has 0 N–H and O–H groups in total. The Bertz CT molecular complexity index is 851. The van der Waals surface area contributed by atoms with E-state index in [9.17, 15) is 4.79 Å². The molecule has 0 amide bonds. The Labute approximate surface area is 139 Å². The van der Waals surface area contributed by atoms with Gasteiger partial charge in [0.25, 0.3) is 0 Å². The lowest BCUT2D eigenvalue weighted by molar-refractivity contribution is 0.220. The van der Waals surface area contributed by atoms with Crippen molar-refractivity contribution in [1.82, 2.24) is 24.2 Å². The number of oxazole rings is 1. The molecule has 7 heteroatoms. The van der Waals surface area contributed by atoms with Crippen LogP contribution in [-0.2, 0) is 13.1 Å². The molecule has 0 spiro atoms. The minimum absolute atomic E-state index is 0.267. The Hall–Kier alpha value is -2.41. The highest BCUT2D eigenvalue weighted by atomic mass is 16.4. The average molecular weight is 327 g/mol. The summed E-state index contributed by atoms with van der Waals surface area (Å²) in [6, 6.07) is 8.09. The highest BCUT2D eigenvalue weighted by Crippen LogP contribution is 2.19. The number of benzene rings is 1. The molecule has 4 rings (SSSR count). The van der Waals surface area contributed by atoms with E-state index in [2.05, 4.69) is 15.0 Å². The van der Waals surface area contributed by atoms with E-state index in [0.29, 0.717) is 18.2 Å². The predicted molar refractivity (Wildman–Crippen MR) is 89.7 cm³/mol. The Morgan fingerprint density at radius 2 is 2.17 bits per heavy atom. The third kappa shape index (κ3) is 2.99. The van der Waals surface area contributed by atoms with Gasteiger partial charge in [-0.1, -0.05) is 12.1 Å². The molecule has 3 heterocycles. The maximum atomic E-state index is 12.0. The zero-order chi connectivity index (χ0) is 16.4. The zero-order valence-corrected chi connectivity index (χ0v) is 13.5. The molecule has 24 heavy (non-hydrogen) atoms. The van der Waals surface area contributed by atoms with Crippen LogP contribution in [0.5, 0.6) is 0 Å². The molecule has 0 unspecified atom stereocenters. The second kappa shape index (κ2) is 6.60. The molecule has 1 aliphatic heterocycles. The summed E-state index contributed by atoms with van der Waals surface area (Å²) in [5, 5.41) is 4.20. The predicted octanol–water partition coefficient (Wildman–Crippen LogP) is 1.74. The number of hydrogen-bond donors (Lipinski definition) is 0. The van der Waals surface area contributed by atoms with Gasteiger partial charge in [-0.15, -0.1) is 0 Å². The fraction of sp³-hybridized carbons (Fsp3) is 0.471. The number of aromatic nitrogens is 4. The summed E-state index contributed by atoms with van der Waals surface area (Å²) in [7, 11) is 0. The summed E-state index contributed by atoms with van der Waals surface area (Å²) in [4.78, 5) is 18.5. The monoisotopic (exact) mass is 327 g/mol. The van der Waals surface area contributed by atoms with Crippen LogP contribution in [0.4, 0.5) is 0 Å². The summed E-state index contributed by atoms with van der Waals surface area (Å²) in [5.74, 6) is -0.267. The van der Waals surface area contributed by atoms with Gasteiger partial charge in [0.2, 0.25) is 0 Å². The molecule has 3 aromatic rings. The molecule has 0 bridgehead atoms. The van der Waals surface area contributed by atoms with Crippen LogP contribution < -0.4 is 5.76 Å². The molecule has 1 fully saturated rings. The van der Waals surface area contributed by atoms with Crippen molar-refractivity contribution in [2.75, 3.05) is 13.1 Å². The SMILES string of the molecule is O=c1oc2ccccc2n1CCCN1CCC[C@@H]1Cn1cncn1. The van der Waals surface area contributed by atoms with E-state index < -0.39 is 0 Å². The van der Waals surface area contributed by atoms with Crippen molar-refractivity contribution in [1.29, 1.82) is 0 Å². The van der Waals surface area contributed by atoms with Crippen LogP contribution in [0.1, 0.15) is 19.3 Å².